The van der Waals surface area contributed by atoms with Gasteiger partial charge in [-0.1, -0.05) is 45.4 Å². The third-order valence-corrected chi connectivity index (χ3v) is 7.83. The molecule has 2 aliphatic rings. The zero-order chi connectivity index (χ0) is 30.2. The van der Waals surface area contributed by atoms with Gasteiger partial charge in [-0.3, -0.25) is 0 Å². The minimum Gasteiger partial charge on any atom is -0.550 e. The molecule has 0 aliphatic carbocycles. The maximum absolute atomic E-state index is 11.5. The second-order valence-corrected chi connectivity index (χ2v) is 11.1. The van der Waals surface area contributed by atoms with Crippen LogP contribution < -0.4 is 74.6 Å². The van der Waals surface area contributed by atoms with E-state index in [0.29, 0.717) is 17.0 Å². The normalized spacial score (nSPS) is 12.4. The molecular weight excluding hydrogens is 588 g/mol. The first kappa shape index (κ1) is 37.0. The van der Waals surface area contributed by atoms with Crippen molar-refractivity contribution >= 4 is 58.3 Å². The number of carbonyl (C=O) groups is 2. The van der Waals surface area contributed by atoms with Crippen LogP contribution in [0.25, 0.3) is 46.4 Å². The molecule has 9 nitrogen and oxygen atoms in total. The van der Waals surface area contributed by atoms with Crippen LogP contribution in [-0.4, -0.2) is 37.9 Å². The van der Waals surface area contributed by atoms with Gasteiger partial charge >= 0.3 is 59.1 Å². The number of carbonyl (C=O) groups excluding carboxylic acids is 2. The zero-order valence-electron chi connectivity index (χ0n) is 26.4. The maximum Gasteiger partial charge on any atom is 1.00 e. The molecule has 0 saturated carbocycles. The summed E-state index contributed by atoms with van der Waals surface area (Å²) in [6, 6.07) is 10.8. The SMILES string of the molecule is CCCCCCCCCc1c2ccc(cc3nc(c(CNC(CC(=O)[O-])C(=O)[O-])c4nc(cc5ccc1[nH]5)C=C4)C=C3)[nH]2.[Na+].[Na+]. The van der Waals surface area contributed by atoms with Crippen LogP contribution in [0.15, 0.2) is 36.4 Å². The maximum atomic E-state index is 11.5. The Hall–Kier alpha value is -2.50. The van der Waals surface area contributed by atoms with Crippen LogP contribution in [0.3, 0.4) is 0 Å². The first-order chi connectivity index (χ1) is 20.9. The van der Waals surface area contributed by atoms with E-state index in [9.17, 15) is 19.8 Å². The fourth-order valence-electron chi connectivity index (χ4n) is 5.53. The number of hydrogen-bond donors (Lipinski definition) is 3. The number of carboxylic acid groups (broad SMARTS) is 2. The van der Waals surface area contributed by atoms with Crippen molar-refractivity contribution in [3.05, 3.63) is 70.3 Å². The van der Waals surface area contributed by atoms with Gasteiger partial charge in [-0.2, -0.15) is 0 Å². The number of carboxylic acids is 2. The number of aliphatic carboxylic acids is 2. The van der Waals surface area contributed by atoms with E-state index in [1.54, 1.807) is 0 Å². The second kappa shape index (κ2) is 18.0. The fraction of sp³-hybridized carbons (Fsp3) is 0.353. The van der Waals surface area contributed by atoms with Crippen LogP contribution >= 0.6 is 0 Å². The molecule has 0 aromatic carbocycles. The molecule has 1 atom stereocenters. The van der Waals surface area contributed by atoms with Gasteiger partial charge < -0.3 is 35.1 Å². The molecule has 45 heavy (non-hydrogen) atoms. The molecule has 224 valence electrons. The summed E-state index contributed by atoms with van der Waals surface area (Å²) in [6.45, 7) is 2.26. The number of aryl methyl sites for hydroxylation is 1. The Labute approximate surface area is 307 Å². The van der Waals surface area contributed by atoms with Crippen molar-refractivity contribution in [1.82, 2.24) is 25.3 Å². The van der Waals surface area contributed by atoms with Crippen molar-refractivity contribution in [1.29, 1.82) is 0 Å². The monoisotopic (exact) mass is 625 g/mol. The predicted octanol–water partition coefficient (Wildman–Crippen LogP) is -1.70. The Morgan fingerprint density at radius 2 is 1.29 bits per heavy atom. The average molecular weight is 626 g/mol. The molecular formula is C34H37N5Na2O4. The molecule has 1 unspecified atom stereocenters. The Morgan fingerprint density at radius 3 is 1.80 bits per heavy atom. The van der Waals surface area contributed by atoms with Crippen LogP contribution in [0, 0.1) is 0 Å². The number of rotatable bonds is 14. The number of fused-ring (bicyclic) bond motifs is 8. The van der Waals surface area contributed by atoms with Gasteiger partial charge in [-0.05, 0) is 79.1 Å². The van der Waals surface area contributed by atoms with E-state index in [4.69, 9.17) is 9.97 Å². The molecule has 5 rings (SSSR count). The average Bonchev–Trinajstić information content (AvgIpc) is 3.79. The van der Waals surface area contributed by atoms with Crippen molar-refractivity contribution in [2.24, 2.45) is 0 Å². The van der Waals surface area contributed by atoms with Gasteiger partial charge in [0.15, 0.2) is 0 Å². The summed E-state index contributed by atoms with van der Waals surface area (Å²) >= 11 is 0. The molecule has 0 spiro atoms. The fourth-order valence-corrected chi connectivity index (χ4v) is 5.53. The molecule has 0 amide bonds. The number of nitrogens with zero attached hydrogens (tertiary/aromatic N) is 2. The Bertz CT molecular complexity index is 1610. The second-order valence-electron chi connectivity index (χ2n) is 11.1. The van der Waals surface area contributed by atoms with Crippen LogP contribution in [-0.2, 0) is 22.6 Å². The van der Waals surface area contributed by atoms with E-state index >= 15 is 0 Å². The first-order valence-electron chi connectivity index (χ1n) is 15.1. The Kier molecular flexibility index (Phi) is 14.8. The topological polar surface area (TPSA) is 150 Å². The Morgan fingerprint density at radius 1 is 0.756 bits per heavy atom. The smallest absolute Gasteiger partial charge is 0.550 e. The van der Waals surface area contributed by atoms with E-state index in [-0.39, 0.29) is 65.7 Å². The molecule has 8 bridgehead atoms. The summed E-state index contributed by atoms with van der Waals surface area (Å²) in [4.78, 5) is 39.3. The molecule has 3 aromatic rings. The van der Waals surface area contributed by atoms with Gasteiger partial charge in [-0.15, -0.1) is 0 Å². The largest absolute Gasteiger partial charge is 1.00 e. The minimum atomic E-state index is -1.51. The van der Waals surface area contributed by atoms with Crippen molar-refractivity contribution in [2.75, 3.05) is 0 Å². The molecule has 0 fully saturated rings. The molecule has 11 heteroatoms. The zero-order valence-corrected chi connectivity index (χ0v) is 30.4. The Balaban J connectivity index is 0.00000276. The number of nitrogens with one attached hydrogen (secondary N) is 3. The predicted molar refractivity (Wildman–Crippen MR) is 166 cm³/mol. The van der Waals surface area contributed by atoms with Crippen LogP contribution in [0.1, 0.15) is 92.2 Å². The molecule has 0 saturated heterocycles. The number of aromatic amines is 2. The number of H-pyrrole nitrogens is 2. The van der Waals surface area contributed by atoms with Crippen molar-refractivity contribution < 1.29 is 78.9 Å². The summed E-state index contributed by atoms with van der Waals surface area (Å²) < 4.78 is 0. The van der Waals surface area contributed by atoms with E-state index in [2.05, 4.69) is 34.3 Å². The van der Waals surface area contributed by atoms with Gasteiger partial charge in [-0.25, -0.2) is 9.97 Å². The number of hydrogen-bond acceptors (Lipinski definition) is 7. The quantitative estimate of drug-likeness (QED) is 0.0985. The van der Waals surface area contributed by atoms with Crippen LogP contribution in [0.4, 0.5) is 0 Å². The van der Waals surface area contributed by atoms with Gasteiger partial charge in [0.25, 0.3) is 0 Å². The summed E-state index contributed by atoms with van der Waals surface area (Å²) in [5.74, 6) is -2.99. The standard InChI is InChI=1S/C34H39N5O4.2Na/c1-2-3-4-5-6-7-8-9-26-28-14-10-22(36-28)18-24-12-16-30(38-24)27(21-35-32(34(42)43)20-33(40)41)31-17-13-25(39-31)19-23-11-15-29(26)37-23;;/h10-19,32,35-37H,2-9,20-21H2,1H3,(H,40,41)(H,42,43);;/q;2*+1/p-2. The molecule has 2 aliphatic heterocycles. The first-order valence-corrected chi connectivity index (χ1v) is 15.1. The number of unbranched alkanes of at least 4 members (excludes halogenated alkanes) is 6. The molecule has 3 N–H and O–H groups in total. The summed E-state index contributed by atoms with van der Waals surface area (Å²) in [6.07, 6.45) is 16.5. The van der Waals surface area contributed by atoms with E-state index in [1.165, 1.54) is 44.1 Å². The van der Waals surface area contributed by atoms with Crippen molar-refractivity contribution in [2.45, 2.75) is 77.3 Å². The van der Waals surface area contributed by atoms with E-state index in [1.807, 2.05) is 48.6 Å². The van der Waals surface area contributed by atoms with Gasteiger partial charge in [0, 0.05) is 46.6 Å². The van der Waals surface area contributed by atoms with Gasteiger partial charge in [0.1, 0.15) is 0 Å². The molecule has 3 aromatic heterocycles. The molecule has 5 heterocycles. The third kappa shape index (κ3) is 10.2. The third-order valence-electron chi connectivity index (χ3n) is 7.83. The summed E-state index contributed by atoms with van der Waals surface area (Å²) in [7, 11) is 0. The van der Waals surface area contributed by atoms with Crippen LogP contribution in [0.5, 0.6) is 0 Å². The number of aromatic nitrogens is 4. The van der Waals surface area contributed by atoms with Gasteiger partial charge in [0.2, 0.25) is 0 Å². The van der Waals surface area contributed by atoms with Crippen molar-refractivity contribution in [3.8, 4) is 0 Å². The van der Waals surface area contributed by atoms with Crippen LogP contribution in [0.2, 0.25) is 0 Å². The molecule has 0 radical (unpaired) electrons. The minimum absolute atomic E-state index is 0. The van der Waals surface area contributed by atoms with E-state index in [0.717, 1.165) is 46.3 Å². The summed E-state index contributed by atoms with van der Waals surface area (Å²) in [5, 5.41) is 25.4. The van der Waals surface area contributed by atoms with Gasteiger partial charge in [0.05, 0.1) is 34.8 Å². The van der Waals surface area contributed by atoms with E-state index < -0.39 is 24.4 Å². The van der Waals surface area contributed by atoms with Crippen molar-refractivity contribution in [3.63, 3.8) is 0 Å². The summed E-state index contributed by atoms with van der Waals surface area (Å²) in [5.41, 5.74) is 8.53.